The molecule has 0 bridgehead atoms. The van der Waals surface area contributed by atoms with Crippen LogP contribution < -0.4 is 10.7 Å². The Balaban J connectivity index is 1.84. The van der Waals surface area contributed by atoms with E-state index in [0.717, 1.165) is 22.6 Å². The lowest BCUT2D eigenvalue weighted by Crippen LogP contribution is -2.26. The molecular formula is C14H13ClN4O3S. The van der Waals surface area contributed by atoms with Gasteiger partial charge in [-0.3, -0.25) is 14.9 Å². The molecule has 1 aromatic carbocycles. The van der Waals surface area contributed by atoms with Crippen LogP contribution in [0.3, 0.4) is 0 Å². The van der Waals surface area contributed by atoms with Crippen molar-refractivity contribution >= 4 is 45.7 Å². The number of carbonyl (C=O) groups excluding carboxylic acids is 1. The molecule has 120 valence electrons. The van der Waals surface area contributed by atoms with Crippen molar-refractivity contribution in [3.05, 3.63) is 55.9 Å². The number of amides is 1. The monoisotopic (exact) mass is 352 g/mol. The van der Waals surface area contributed by atoms with Gasteiger partial charge in [-0.25, -0.2) is 5.43 Å². The predicted octanol–water partition coefficient (Wildman–Crippen LogP) is 3.18. The number of halogens is 1. The van der Waals surface area contributed by atoms with Gasteiger partial charge in [0.1, 0.15) is 0 Å². The van der Waals surface area contributed by atoms with E-state index >= 15 is 0 Å². The molecular weight excluding hydrogens is 340 g/mol. The SMILES string of the molecule is Cc1c(Cl)cccc1NCC(=O)N/N=C\c1ccc([N+](=O)[O-])s1. The molecule has 0 saturated carbocycles. The Bertz CT molecular complexity index is 760. The van der Waals surface area contributed by atoms with Crippen molar-refractivity contribution in [1.29, 1.82) is 0 Å². The highest BCUT2D eigenvalue weighted by Gasteiger charge is 2.08. The second kappa shape index (κ2) is 7.70. The van der Waals surface area contributed by atoms with Crippen LogP contribution in [0.25, 0.3) is 0 Å². The summed E-state index contributed by atoms with van der Waals surface area (Å²) in [4.78, 5) is 22.3. The number of nitro groups is 1. The summed E-state index contributed by atoms with van der Waals surface area (Å²) in [5.74, 6) is -0.341. The quantitative estimate of drug-likeness (QED) is 0.474. The zero-order valence-corrected chi connectivity index (χ0v) is 13.6. The third-order valence-electron chi connectivity index (χ3n) is 2.88. The van der Waals surface area contributed by atoms with Crippen molar-refractivity contribution in [3.8, 4) is 0 Å². The first-order valence-corrected chi connectivity index (χ1v) is 7.72. The van der Waals surface area contributed by atoms with Crippen LogP contribution in [0.5, 0.6) is 0 Å². The lowest BCUT2D eigenvalue weighted by atomic mass is 10.2. The molecule has 1 aromatic heterocycles. The average Bonchev–Trinajstić information content (AvgIpc) is 2.98. The van der Waals surface area contributed by atoms with Crippen LogP contribution in [0.15, 0.2) is 35.4 Å². The molecule has 9 heteroatoms. The summed E-state index contributed by atoms with van der Waals surface area (Å²) in [6, 6.07) is 8.33. The number of nitrogens with zero attached hydrogens (tertiary/aromatic N) is 2. The van der Waals surface area contributed by atoms with E-state index in [9.17, 15) is 14.9 Å². The smallest absolute Gasteiger partial charge is 0.324 e. The molecule has 0 saturated heterocycles. The summed E-state index contributed by atoms with van der Waals surface area (Å²) < 4.78 is 0. The lowest BCUT2D eigenvalue weighted by molar-refractivity contribution is -0.380. The molecule has 1 amide bonds. The number of benzene rings is 1. The van der Waals surface area contributed by atoms with Crippen molar-refractivity contribution in [1.82, 2.24) is 5.43 Å². The molecule has 0 spiro atoms. The van der Waals surface area contributed by atoms with Crippen molar-refractivity contribution < 1.29 is 9.72 Å². The van der Waals surface area contributed by atoms with Gasteiger partial charge in [0.15, 0.2) is 0 Å². The fraction of sp³-hybridized carbons (Fsp3) is 0.143. The van der Waals surface area contributed by atoms with Gasteiger partial charge >= 0.3 is 5.00 Å². The van der Waals surface area contributed by atoms with E-state index in [-0.39, 0.29) is 17.5 Å². The first-order chi connectivity index (χ1) is 11.0. The molecule has 23 heavy (non-hydrogen) atoms. The molecule has 1 heterocycles. The Hall–Kier alpha value is -2.45. The highest BCUT2D eigenvalue weighted by atomic mass is 35.5. The Labute approximate surface area is 141 Å². The van der Waals surface area contributed by atoms with Crippen LogP contribution in [0.2, 0.25) is 5.02 Å². The maximum absolute atomic E-state index is 11.7. The van der Waals surface area contributed by atoms with Gasteiger partial charge in [-0.05, 0) is 30.7 Å². The Morgan fingerprint density at radius 1 is 1.43 bits per heavy atom. The number of hydrogen-bond donors (Lipinski definition) is 2. The zero-order chi connectivity index (χ0) is 16.8. The van der Waals surface area contributed by atoms with Gasteiger partial charge in [0.2, 0.25) is 0 Å². The van der Waals surface area contributed by atoms with Gasteiger partial charge in [-0.1, -0.05) is 29.0 Å². The van der Waals surface area contributed by atoms with Crippen molar-refractivity contribution in [2.24, 2.45) is 5.10 Å². The molecule has 0 aliphatic carbocycles. The van der Waals surface area contributed by atoms with Gasteiger partial charge in [0.05, 0.1) is 22.6 Å². The number of carbonyl (C=O) groups is 1. The van der Waals surface area contributed by atoms with E-state index in [1.807, 2.05) is 13.0 Å². The maximum Gasteiger partial charge on any atom is 0.324 e. The molecule has 0 atom stereocenters. The number of rotatable bonds is 6. The molecule has 0 aliphatic rings. The normalized spacial score (nSPS) is 10.7. The Morgan fingerprint density at radius 2 is 2.22 bits per heavy atom. The molecule has 2 N–H and O–H groups in total. The minimum atomic E-state index is -0.474. The number of nitrogens with one attached hydrogen (secondary N) is 2. The second-order valence-corrected chi connectivity index (χ2v) is 5.99. The van der Waals surface area contributed by atoms with E-state index in [2.05, 4.69) is 15.8 Å². The van der Waals surface area contributed by atoms with Gasteiger partial charge in [0, 0.05) is 16.8 Å². The van der Waals surface area contributed by atoms with E-state index in [1.165, 1.54) is 12.3 Å². The van der Waals surface area contributed by atoms with Gasteiger partial charge in [-0.15, -0.1) is 0 Å². The predicted molar refractivity (Wildman–Crippen MR) is 91.4 cm³/mol. The largest absolute Gasteiger partial charge is 0.376 e. The average molecular weight is 353 g/mol. The topological polar surface area (TPSA) is 96.6 Å². The summed E-state index contributed by atoms with van der Waals surface area (Å²) in [5, 5.41) is 17.9. The molecule has 0 radical (unpaired) electrons. The van der Waals surface area contributed by atoms with Crippen LogP contribution in [-0.2, 0) is 4.79 Å². The molecule has 0 fully saturated rings. The van der Waals surface area contributed by atoms with Gasteiger partial charge < -0.3 is 5.32 Å². The third-order valence-corrected chi connectivity index (χ3v) is 4.26. The summed E-state index contributed by atoms with van der Waals surface area (Å²) in [6.07, 6.45) is 1.36. The van der Waals surface area contributed by atoms with Gasteiger partial charge in [-0.2, -0.15) is 5.10 Å². The Kier molecular flexibility index (Phi) is 5.67. The van der Waals surface area contributed by atoms with Crippen LogP contribution in [0.1, 0.15) is 10.4 Å². The molecule has 0 unspecified atom stereocenters. The first kappa shape index (κ1) is 16.9. The molecule has 0 aliphatic heterocycles. The van der Waals surface area contributed by atoms with E-state index < -0.39 is 4.92 Å². The maximum atomic E-state index is 11.7. The number of anilines is 1. The van der Waals surface area contributed by atoms with E-state index in [1.54, 1.807) is 18.2 Å². The van der Waals surface area contributed by atoms with Crippen LogP contribution in [0, 0.1) is 17.0 Å². The standard InChI is InChI=1S/C14H13ClN4O3S/c1-9-11(15)3-2-4-12(9)16-8-13(20)18-17-7-10-5-6-14(23-10)19(21)22/h2-7,16H,8H2,1H3,(H,18,20)/b17-7-. The summed E-state index contributed by atoms with van der Waals surface area (Å²) in [7, 11) is 0. The zero-order valence-electron chi connectivity index (χ0n) is 12.1. The number of hydrazone groups is 1. The minimum Gasteiger partial charge on any atom is -0.376 e. The third kappa shape index (κ3) is 4.76. The molecule has 2 rings (SSSR count). The number of thiophene rings is 1. The molecule has 7 nitrogen and oxygen atoms in total. The minimum absolute atomic E-state index is 0.0240. The van der Waals surface area contributed by atoms with Crippen LogP contribution >= 0.6 is 22.9 Å². The highest BCUT2D eigenvalue weighted by molar-refractivity contribution is 7.16. The van der Waals surface area contributed by atoms with Crippen molar-refractivity contribution in [2.75, 3.05) is 11.9 Å². The first-order valence-electron chi connectivity index (χ1n) is 6.52. The van der Waals surface area contributed by atoms with Gasteiger partial charge in [0.25, 0.3) is 5.91 Å². The highest BCUT2D eigenvalue weighted by Crippen LogP contribution is 2.23. The summed E-state index contributed by atoms with van der Waals surface area (Å²) in [5.41, 5.74) is 3.97. The van der Waals surface area contributed by atoms with Crippen LogP contribution in [-0.4, -0.2) is 23.6 Å². The van der Waals surface area contributed by atoms with Crippen LogP contribution in [0.4, 0.5) is 10.7 Å². The number of hydrogen-bond acceptors (Lipinski definition) is 6. The summed E-state index contributed by atoms with van der Waals surface area (Å²) in [6.45, 7) is 1.88. The second-order valence-electron chi connectivity index (χ2n) is 4.49. The van der Waals surface area contributed by atoms with E-state index in [4.69, 9.17) is 11.6 Å². The van der Waals surface area contributed by atoms with Crippen molar-refractivity contribution in [3.63, 3.8) is 0 Å². The molecule has 2 aromatic rings. The summed E-state index contributed by atoms with van der Waals surface area (Å²) >= 11 is 6.97. The van der Waals surface area contributed by atoms with E-state index in [0.29, 0.717) is 9.90 Å². The van der Waals surface area contributed by atoms with Crippen molar-refractivity contribution in [2.45, 2.75) is 6.92 Å². The Morgan fingerprint density at radius 3 is 2.91 bits per heavy atom. The fourth-order valence-electron chi connectivity index (χ4n) is 1.69. The fourth-order valence-corrected chi connectivity index (χ4v) is 2.56. The lowest BCUT2D eigenvalue weighted by Gasteiger charge is -2.09.